The van der Waals surface area contributed by atoms with Gasteiger partial charge in [0, 0.05) is 22.7 Å². The Morgan fingerprint density at radius 1 is 1.14 bits per heavy atom. The summed E-state index contributed by atoms with van der Waals surface area (Å²) in [6, 6.07) is 15.2. The SMILES string of the molecule is O=Cc1ccc(OCc2ccnc3ccccc23)c(Br)c1. The van der Waals surface area contributed by atoms with E-state index in [9.17, 15) is 4.79 Å². The molecule has 21 heavy (non-hydrogen) atoms. The van der Waals surface area contributed by atoms with Crippen molar-refractivity contribution in [2.45, 2.75) is 6.61 Å². The molecular formula is C17H12BrNO2. The van der Waals surface area contributed by atoms with E-state index in [2.05, 4.69) is 20.9 Å². The monoisotopic (exact) mass is 341 g/mol. The number of aldehydes is 1. The molecule has 0 bridgehead atoms. The fraction of sp³-hybridized carbons (Fsp3) is 0.0588. The van der Waals surface area contributed by atoms with Gasteiger partial charge in [-0.25, -0.2) is 0 Å². The number of hydrogen-bond donors (Lipinski definition) is 0. The number of rotatable bonds is 4. The zero-order chi connectivity index (χ0) is 14.7. The number of aromatic nitrogens is 1. The highest BCUT2D eigenvalue weighted by Gasteiger charge is 2.05. The van der Waals surface area contributed by atoms with Gasteiger partial charge >= 0.3 is 0 Å². The van der Waals surface area contributed by atoms with Crippen LogP contribution in [0.3, 0.4) is 0 Å². The number of carbonyl (C=O) groups is 1. The van der Waals surface area contributed by atoms with Gasteiger partial charge in [-0.2, -0.15) is 0 Å². The van der Waals surface area contributed by atoms with Crippen LogP contribution in [0.5, 0.6) is 5.75 Å². The minimum atomic E-state index is 0.446. The molecule has 4 heteroatoms. The summed E-state index contributed by atoms with van der Waals surface area (Å²) < 4.78 is 6.61. The molecule has 0 atom stereocenters. The molecule has 2 aromatic carbocycles. The molecule has 1 heterocycles. The lowest BCUT2D eigenvalue weighted by atomic mass is 10.1. The summed E-state index contributed by atoms with van der Waals surface area (Å²) in [5, 5.41) is 1.08. The molecule has 0 amide bonds. The third-order valence-electron chi connectivity index (χ3n) is 3.21. The predicted molar refractivity (Wildman–Crippen MR) is 85.6 cm³/mol. The Morgan fingerprint density at radius 3 is 2.81 bits per heavy atom. The molecule has 0 radical (unpaired) electrons. The summed E-state index contributed by atoms with van der Waals surface area (Å²) >= 11 is 3.41. The summed E-state index contributed by atoms with van der Waals surface area (Å²) in [5.74, 6) is 0.710. The summed E-state index contributed by atoms with van der Waals surface area (Å²) in [6.07, 6.45) is 2.59. The van der Waals surface area contributed by atoms with Crippen molar-refractivity contribution >= 4 is 33.1 Å². The van der Waals surface area contributed by atoms with Gasteiger partial charge in [0.05, 0.1) is 9.99 Å². The van der Waals surface area contributed by atoms with Crippen LogP contribution in [0.25, 0.3) is 10.9 Å². The maximum Gasteiger partial charge on any atom is 0.150 e. The predicted octanol–water partition coefficient (Wildman–Crippen LogP) is 4.39. The molecular weight excluding hydrogens is 330 g/mol. The van der Waals surface area contributed by atoms with Gasteiger partial charge in [-0.05, 0) is 46.3 Å². The van der Waals surface area contributed by atoms with E-state index in [0.717, 1.165) is 27.2 Å². The van der Waals surface area contributed by atoms with Crippen LogP contribution in [0.2, 0.25) is 0 Å². The Kier molecular flexibility index (Phi) is 3.97. The second kappa shape index (κ2) is 6.06. The number of para-hydroxylation sites is 1. The van der Waals surface area contributed by atoms with Gasteiger partial charge in [0.2, 0.25) is 0 Å². The van der Waals surface area contributed by atoms with Gasteiger partial charge in [-0.3, -0.25) is 9.78 Å². The zero-order valence-corrected chi connectivity index (χ0v) is 12.7. The molecule has 3 nitrogen and oxygen atoms in total. The smallest absolute Gasteiger partial charge is 0.150 e. The van der Waals surface area contributed by atoms with E-state index >= 15 is 0 Å². The van der Waals surface area contributed by atoms with Gasteiger partial charge in [-0.1, -0.05) is 18.2 Å². The fourth-order valence-corrected chi connectivity index (χ4v) is 2.65. The van der Waals surface area contributed by atoms with Gasteiger partial charge < -0.3 is 4.74 Å². The number of nitrogens with zero attached hydrogens (tertiary/aromatic N) is 1. The van der Waals surface area contributed by atoms with Crippen molar-refractivity contribution in [3.8, 4) is 5.75 Å². The quantitative estimate of drug-likeness (QED) is 0.660. The summed E-state index contributed by atoms with van der Waals surface area (Å²) in [4.78, 5) is 15.1. The molecule has 0 spiro atoms. The normalized spacial score (nSPS) is 10.5. The van der Waals surface area contributed by atoms with Crippen molar-refractivity contribution in [1.29, 1.82) is 0 Å². The van der Waals surface area contributed by atoms with Crippen LogP contribution in [-0.4, -0.2) is 11.3 Å². The van der Waals surface area contributed by atoms with Crippen molar-refractivity contribution in [3.05, 3.63) is 70.3 Å². The molecule has 0 fully saturated rings. The van der Waals surface area contributed by atoms with Crippen molar-refractivity contribution in [2.24, 2.45) is 0 Å². The highest BCUT2D eigenvalue weighted by Crippen LogP contribution is 2.27. The molecule has 3 aromatic rings. The molecule has 0 unspecified atom stereocenters. The summed E-state index contributed by atoms with van der Waals surface area (Å²) in [5.41, 5.74) is 2.64. The van der Waals surface area contributed by atoms with Crippen LogP contribution in [0.4, 0.5) is 0 Å². The lowest BCUT2D eigenvalue weighted by Crippen LogP contribution is -1.98. The van der Waals surface area contributed by atoms with E-state index in [1.165, 1.54) is 0 Å². The fourth-order valence-electron chi connectivity index (χ4n) is 2.14. The van der Waals surface area contributed by atoms with E-state index in [4.69, 9.17) is 4.74 Å². The Bertz CT molecular complexity index is 796. The van der Waals surface area contributed by atoms with E-state index in [-0.39, 0.29) is 0 Å². The number of carbonyl (C=O) groups excluding carboxylic acids is 1. The van der Waals surface area contributed by atoms with Crippen LogP contribution in [0.1, 0.15) is 15.9 Å². The van der Waals surface area contributed by atoms with E-state index in [1.807, 2.05) is 30.3 Å². The highest BCUT2D eigenvalue weighted by molar-refractivity contribution is 9.10. The Balaban J connectivity index is 1.85. The molecule has 3 rings (SSSR count). The number of benzene rings is 2. The Labute approximate surface area is 130 Å². The first kappa shape index (κ1) is 13.8. The largest absolute Gasteiger partial charge is 0.488 e. The van der Waals surface area contributed by atoms with E-state index < -0.39 is 0 Å². The molecule has 0 saturated heterocycles. The zero-order valence-electron chi connectivity index (χ0n) is 11.1. The maximum atomic E-state index is 10.7. The van der Waals surface area contributed by atoms with Crippen molar-refractivity contribution in [3.63, 3.8) is 0 Å². The maximum absolute atomic E-state index is 10.7. The average Bonchev–Trinajstić information content (AvgIpc) is 2.53. The minimum absolute atomic E-state index is 0.446. The molecule has 0 aliphatic carbocycles. The number of hydrogen-bond acceptors (Lipinski definition) is 3. The van der Waals surface area contributed by atoms with Crippen molar-refractivity contribution in [2.75, 3.05) is 0 Å². The molecule has 0 N–H and O–H groups in total. The Hall–Kier alpha value is -2.20. The lowest BCUT2D eigenvalue weighted by molar-refractivity contribution is 0.112. The third kappa shape index (κ3) is 2.95. The molecule has 1 aromatic heterocycles. The first-order valence-corrected chi connectivity index (χ1v) is 7.27. The van der Waals surface area contributed by atoms with Gasteiger partial charge in [-0.15, -0.1) is 0 Å². The number of pyridine rings is 1. The average molecular weight is 342 g/mol. The molecule has 0 aliphatic rings. The van der Waals surface area contributed by atoms with Gasteiger partial charge in [0.15, 0.2) is 0 Å². The van der Waals surface area contributed by atoms with Crippen molar-refractivity contribution in [1.82, 2.24) is 4.98 Å². The highest BCUT2D eigenvalue weighted by atomic mass is 79.9. The number of ether oxygens (including phenoxy) is 1. The van der Waals surface area contributed by atoms with Gasteiger partial charge in [0.1, 0.15) is 18.6 Å². The van der Waals surface area contributed by atoms with Crippen LogP contribution < -0.4 is 4.74 Å². The van der Waals surface area contributed by atoms with Gasteiger partial charge in [0.25, 0.3) is 0 Å². The number of halogens is 1. The summed E-state index contributed by atoms with van der Waals surface area (Å²) in [7, 11) is 0. The summed E-state index contributed by atoms with van der Waals surface area (Å²) in [6.45, 7) is 0.446. The Morgan fingerprint density at radius 2 is 2.00 bits per heavy atom. The number of fused-ring (bicyclic) bond motifs is 1. The topological polar surface area (TPSA) is 39.2 Å². The van der Waals surface area contributed by atoms with E-state index in [0.29, 0.717) is 17.9 Å². The lowest BCUT2D eigenvalue weighted by Gasteiger charge is -2.10. The van der Waals surface area contributed by atoms with Crippen LogP contribution in [0, 0.1) is 0 Å². The first-order chi connectivity index (χ1) is 10.3. The van der Waals surface area contributed by atoms with Crippen LogP contribution in [0.15, 0.2) is 59.2 Å². The van der Waals surface area contributed by atoms with Crippen molar-refractivity contribution < 1.29 is 9.53 Å². The molecule has 0 aliphatic heterocycles. The second-order valence-electron chi connectivity index (χ2n) is 4.58. The third-order valence-corrected chi connectivity index (χ3v) is 3.83. The van der Waals surface area contributed by atoms with Crippen LogP contribution >= 0.6 is 15.9 Å². The van der Waals surface area contributed by atoms with E-state index in [1.54, 1.807) is 24.4 Å². The second-order valence-corrected chi connectivity index (χ2v) is 5.44. The standard InChI is InChI=1S/C17H12BrNO2/c18-15-9-12(10-20)5-6-17(15)21-11-13-7-8-19-16-4-2-1-3-14(13)16/h1-10H,11H2. The minimum Gasteiger partial charge on any atom is -0.488 e. The molecule has 0 saturated carbocycles. The molecule has 104 valence electrons. The first-order valence-electron chi connectivity index (χ1n) is 6.48. The van der Waals surface area contributed by atoms with Crippen LogP contribution in [-0.2, 0) is 6.61 Å².